The van der Waals surface area contributed by atoms with Crippen LogP contribution in [0.1, 0.15) is 59.8 Å². The lowest BCUT2D eigenvalue weighted by molar-refractivity contribution is 0.152. The van der Waals surface area contributed by atoms with E-state index in [1.807, 2.05) is 0 Å². The summed E-state index contributed by atoms with van der Waals surface area (Å²) in [6, 6.07) is 0. The van der Waals surface area contributed by atoms with E-state index in [9.17, 15) is 0 Å². The van der Waals surface area contributed by atoms with Crippen molar-refractivity contribution < 1.29 is 9.16 Å². The second-order valence-corrected chi connectivity index (χ2v) is 11.9. The van der Waals surface area contributed by atoms with Crippen LogP contribution in [0.3, 0.4) is 0 Å². The Kier molecular flexibility index (Phi) is 5.88. The number of unbranched alkanes of at least 4 members (excludes halogenated alkanes) is 1. The molecule has 108 valence electrons. The first-order valence-electron chi connectivity index (χ1n) is 7.55. The van der Waals surface area contributed by atoms with Gasteiger partial charge in [0.1, 0.15) is 0 Å². The molecule has 0 aromatic heterocycles. The topological polar surface area (TPSA) is 21.8 Å². The highest BCUT2D eigenvalue weighted by Gasteiger charge is 2.39. The molecule has 1 fully saturated rings. The van der Waals surface area contributed by atoms with Gasteiger partial charge in [0.05, 0.1) is 12.7 Å². The van der Waals surface area contributed by atoms with Gasteiger partial charge in [0.2, 0.25) is 0 Å². The molecule has 0 N–H and O–H groups in total. The molecule has 0 amide bonds. The summed E-state index contributed by atoms with van der Waals surface area (Å²) in [5.41, 5.74) is 0. The molecule has 0 aliphatic carbocycles. The SMILES string of the molecule is CCCC[C@@H](CC[C@@H]1CO1)O[Si](C)(C)C(C)(C)C. The third-order valence-electron chi connectivity index (χ3n) is 4.36. The summed E-state index contributed by atoms with van der Waals surface area (Å²) in [6.45, 7) is 14.9. The highest BCUT2D eigenvalue weighted by atomic mass is 28.4. The normalized spacial score (nSPS) is 22.0. The van der Waals surface area contributed by atoms with Crippen molar-refractivity contribution in [2.75, 3.05) is 6.61 Å². The van der Waals surface area contributed by atoms with Crippen LogP contribution in [0, 0.1) is 0 Å². The lowest BCUT2D eigenvalue weighted by atomic mass is 10.1. The van der Waals surface area contributed by atoms with Crippen molar-refractivity contribution in [3.8, 4) is 0 Å². The Hall–Kier alpha value is 0.137. The minimum Gasteiger partial charge on any atom is -0.414 e. The molecule has 2 nitrogen and oxygen atoms in total. The molecule has 0 bridgehead atoms. The Morgan fingerprint density at radius 2 is 1.89 bits per heavy atom. The molecule has 1 rings (SSSR count). The molecule has 0 saturated carbocycles. The Morgan fingerprint density at radius 1 is 1.28 bits per heavy atom. The minimum absolute atomic E-state index is 0.313. The number of epoxide rings is 1. The van der Waals surface area contributed by atoms with Gasteiger partial charge in [0.15, 0.2) is 8.32 Å². The minimum atomic E-state index is -1.61. The molecule has 0 radical (unpaired) electrons. The van der Waals surface area contributed by atoms with E-state index in [0.717, 1.165) is 6.61 Å². The standard InChI is InChI=1S/C15H32O2Si/c1-7-8-9-13(10-11-14-12-16-14)17-18(5,6)15(2,3)4/h13-14H,7-12H2,1-6H3/t13-,14+/m0/s1. The largest absolute Gasteiger partial charge is 0.414 e. The summed E-state index contributed by atoms with van der Waals surface area (Å²) in [7, 11) is -1.61. The predicted octanol–water partition coefficient (Wildman–Crippen LogP) is 4.75. The smallest absolute Gasteiger partial charge is 0.192 e. The van der Waals surface area contributed by atoms with Crippen molar-refractivity contribution in [1.82, 2.24) is 0 Å². The summed E-state index contributed by atoms with van der Waals surface area (Å²) < 4.78 is 11.9. The molecule has 1 aliphatic rings. The van der Waals surface area contributed by atoms with E-state index < -0.39 is 8.32 Å². The summed E-state index contributed by atoms with van der Waals surface area (Å²) in [4.78, 5) is 0. The van der Waals surface area contributed by atoms with E-state index in [4.69, 9.17) is 9.16 Å². The van der Waals surface area contributed by atoms with Crippen molar-refractivity contribution in [2.45, 2.75) is 90.1 Å². The van der Waals surface area contributed by atoms with E-state index >= 15 is 0 Å². The molecule has 1 saturated heterocycles. The maximum Gasteiger partial charge on any atom is 0.192 e. The lowest BCUT2D eigenvalue weighted by Gasteiger charge is -2.39. The zero-order valence-corrected chi connectivity index (χ0v) is 14.2. The van der Waals surface area contributed by atoms with E-state index in [0.29, 0.717) is 17.2 Å². The van der Waals surface area contributed by atoms with E-state index in [2.05, 4.69) is 40.8 Å². The van der Waals surface area contributed by atoms with E-state index in [1.54, 1.807) is 0 Å². The van der Waals surface area contributed by atoms with Crippen molar-refractivity contribution in [3.05, 3.63) is 0 Å². The van der Waals surface area contributed by atoms with Gasteiger partial charge in [-0.1, -0.05) is 40.5 Å². The average Bonchev–Trinajstić information content (AvgIpc) is 3.04. The lowest BCUT2D eigenvalue weighted by Crippen LogP contribution is -2.44. The Balaban J connectivity index is 2.46. The van der Waals surface area contributed by atoms with Crippen LogP contribution in [0.4, 0.5) is 0 Å². The molecule has 0 aromatic rings. The number of hydrogen-bond acceptors (Lipinski definition) is 2. The van der Waals surface area contributed by atoms with Gasteiger partial charge in [0.25, 0.3) is 0 Å². The zero-order chi connectivity index (χ0) is 13.8. The fourth-order valence-corrected chi connectivity index (χ4v) is 3.32. The Bertz CT molecular complexity index is 241. The van der Waals surface area contributed by atoms with Crippen LogP contribution in [0.25, 0.3) is 0 Å². The maximum absolute atomic E-state index is 6.57. The van der Waals surface area contributed by atoms with Crippen molar-refractivity contribution in [2.24, 2.45) is 0 Å². The first-order chi connectivity index (χ1) is 8.26. The van der Waals surface area contributed by atoms with Crippen LogP contribution in [0.5, 0.6) is 0 Å². The molecule has 0 aromatic carbocycles. The van der Waals surface area contributed by atoms with Gasteiger partial charge in [-0.25, -0.2) is 0 Å². The third-order valence-corrected chi connectivity index (χ3v) is 8.90. The molecule has 1 aliphatic heterocycles. The Labute approximate surface area is 115 Å². The van der Waals surface area contributed by atoms with Crippen LogP contribution < -0.4 is 0 Å². The molecular formula is C15H32O2Si. The second-order valence-electron chi connectivity index (χ2n) is 7.18. The van der Waals surface area contributed by atoms with Gasteiger partial charge < -0.3 is 9.16 Å². The monoisotopic (exact) mass is 272 g/mol. The van der Waals surface area contributed by atoms with Crippen molar-refractivity contribution in [3.63, 3.8) is 0 Å². The highest BCUT2D eigenvalue weighted by Crippen LogP contribution is 2.38. The van der Waals surface area contributed by atoms with Gasteiger partial charge in [-0.2, -0.15) is 0 Å². The highest BCUT2D eigenvalue weighted by molar-refractivity contribution is 6.74. The first kappa shape index (κ1) is 16.2. The van der Waals surface area contributed by atoms with E-state index in [-0.39, 0.29) is 0 Å². The number of hydrogen-bond donors (Lipinski definition) is 0. The molecule has 0 spiro atoms. The molecule has 3 heteroatoms. The predicted molar refractivity (Wildman–Crippen MR) is 80.6 cm³/mol. The fraction of sp³-hybridized carbons (Fsp3) is 1.00. The van der Waals surface area contributed by atoms with Gasteiger partial charge >= 0.3 is 0 Å². The average molecular weight is 273 g/mol. The first-order valence-corrected chi connectivity index (χ1v) is 10.5. The van der Waals surface area contributed by atoms with Gasteiger partial charge in [-0.05, 0) is 37.4 Å². The second kappa shape index (κ2) is 6.53. The van der Waals surface area contributed by atoms with Crippen molar-refractivity contribution in [1.29, 1.82) is 0 Å². The summed E-state index contributed by atoms with van der Waals surface area (Å²) >= 11 is 0. The van der Waals surface area contributed by atoms with Crippen LogP contribution in [-0.4, -0.2) is 27.1 Å². The van der Waals surface area contributed by atoms with Gasteiger partial charge in [0, 0.05) is 6.10 Å². The number of rotatable bonds is 8. The van der Waals surface area contributed by atoms with Crippen LogP contribution in [0.15, 0.2) is 0 Å². The molecule has 0 unspecified atom stereocenters. The van der Waals surface area contributed by atoms with Crippen LogP contribution >= 0.6 is 0 Å². The molecular weight excluding hydrogens is 240 g/mol. The number of ether oxygens (including phenoxy) is 1. The maximum atomic E-state index is 6.57. The molecule has 2 atom stereocenters. The fourth-order valence-electron chi connectivity index (χ4n) is 1.89. The molecule has 18 heavy (non-hydrogen) atoms. The van der Waals surface area contributed by atoms with Crippen molar-refractivity contribution >= 4 is 8.32 Å². The van der Waals surface area contributed by atoms with E-state index in [1.165, 1.54) is 32.1 Å². The quantitative estimate of drug-likeness (QED) is 0.470. The Morgan fingerprint density at radius 3 is 2.33 bits per heavy atom. The van der Waals surface area contributed by atoms with Gasteiger partial charge in [-0.3, -0.25) is 0 Å². The summed E-state index contributed by atoms with van der Waals surface area (Å²) in [5.74, 6) is 0. The third kappa shape index (κ3) is 5.41. The molecule has 1 heterocycles. The van der Waals surface area contributed by atoms with Crippen LogP contribution in [0.2, 0.25) is 18.1 Å². The van der Waals surface area contributed by atoms with Gasteiger partial charge in [-0.15, -0.1) is 0 Å². The van der Waals surface area contributed by atoms with Crippen LogP contribution in [-0.2, 0) is 9.16 Å². The summed E-state index contributed by atoms with van der Waals surface area (Å²) in [6.07, 6.45) is 7.12. The summed E-state index contributed by atoms with van der Waals surface area (Å²) in [5, 5.41) is 0.313. The zero-order valence-electron chi connectivity index (χ0n) is 13.2.